The van der Waals surface area contributed by atoms with E-state index in [1.54, 1.807) is 11.3 Å². The fraction of sp³-hybridized carbons (Fsp3) is 0.231. The predicted molar refractivity (Wildman–Crippen MR) is 78.2 cm³/mol. The van der Waals surface area contributed by atoms with Gasteiger partial charge in [0.2, 0.25) is 0 Å². The van der Waals surface area contributed by atoms with Gasteiger partial charge in [-0.05, 0) is 36.3 Å². The quantitative estimate of drug-likeness (QED) is 0.709. The van der Waals surface area contributed by atoms with Gasteiger partial charge < -0.3 is 4.98 Å². The number of benzene rings is 1. The zero-order valence-corrected chi connectivity index (χ0v) is 11.8. The Balaban J connectivity index is 2.25. The van der Waals surface area contributed by atoms with Crippen molar-refractivity contribution in [1.29, 1.82) is 0 Å². The molecule has 3 aromatic rings. The van der Waals surface area contributed by atoms with Crippen molar-refractivity contribution in [3.8, 4) is 5.69 Å². The highest BCUT2D eigenvalue weighted by Gasteiger charge is 2.10. The molecule has 2 aromatic heterocycles. The lowest BCUT2D eigenvalue weighted by molar-refractivity contribution is 0.784. The van der Waals surface area contributed by atoms with Crippen molar-refractivity contribution in [3.05, 3.63) is 40.4 Å². The molecule has 0 bridgehead atoms. The van der Waals surface area contributed by atoms with Gasteiger partial charge in [-0.15, -0.1) is 11.3 Å². The maximum atomic E-state index is 5.37. The molecule has 0 unspecified atom stereocenters. The Morgan fingerprint density at radius 2 is 2.22 bits per heavy atom. The highest BCUT2D eigenvalue weighted by atomic mass is 32.1. The van der Waals surface area contributed by atoms with Crippen molar-refractivity contribution in [1.82, 2.24) is 14.5 Å². The van der Waals surface area contributed by atoms with Crippen LogP contribution in [0, 0.1) is 4.77 Å². The molecule has 18 heavy (non-hydrogen) atoms. The molecule has 0 saturated heterocycles. The van der Waals surface area contributed by atoms with Crippen LogP contribution in [0.3, 0.4) is 0 Å². The van der Waals surface area contributed by atoms with E-state index in [4.69, 9.17) is 12.2 Å². The third-order valence-electron chi connectivity index (χ3n) is 2.97. The average molecular weight is 275 g/mol. The monoisotopic (exact) mass is 275 g/mol. The molecule has 0 aliphatic heterocycles. The minimum absolute atomic E-state index is 0.426. The first-order valence-electron chi connectivity index (χ1n) is 5.81. The predicted octanol–water partition coefficient (Wildman–Crippen LogP) is 4.27. The zero-order valence-electron chi connectivity index (χ0n) is 10.2. The number of H-pyrrole nitrogens is 1. The molecule has 0 aliphatic rings. The van der Waals surface area contributed by atoms with E-state index in [0.717, 1.165) is 16.0 Å². The van der Waals surface area contributed by atoms with Gasteiger partial charge in [-0.2, -0.15) is 0 Å². The number of thiazole rings is 1. The van der Waals surface area contributed by atoms with Gasteiger partial charge in [0, 0.05) is 17.6 Å². The number of fused-ring (bicyclic) bond motifs is 1. The Labute approximate surface area is 114 Å². The summed E-state index contributed by atoms with van der Waals surface area (Å²) >= 11 is 7.02. The second kappa shape index (κ2) is 4.33. The fourth-order valence-electron chi connectivity index (χ4n) is 2.06. The van der Waals surface area contributed by atoms with E-state index >= 15 is 0 Å². The SMILES string of the molecule is CC(C)c1c[nH]c(=S)n1-c1ccc2ncsc2c1. The van der Waals surface area contributed by atoms with Crippen LogP contribution in [0.25, 0.3) is 15.9 Å². The Hall–Kier alpha value is -1.46. The van der Waals surface area contributed by atoms with E-state index in [-0.39, 0.29) is 0 Å². The highest BCUT2D eigenvalue weighted by molar-refractivity contribution is 7.71. The minimum Gasteiger partial charge on any atom is -0.337 e. The molecule has 92 valence electrons. The molecule has 0 fully saturated rings. The summed E-state index contributed by atoms with van der Waals surface area (Å²) in [7, 11) is 0. The minimum atomic E-state index is 0.426. The smallest absolute Gasteiger partial charge is 0.182 e. The topological polar surface area (TPSA) is 33.6 Å². The van der Waals surface area contributed by atoms with E-state index in [0.29, 0.717) is 5.92 Å². The Bertz CT molecular complexity index is 749. The first kappa shape index (κ1) is 11.6. The number of rotatable bonds is 2. The molecule has 3 rings (SSSR count). The van der Waals surface area contributed by atoms with Crippen LogP contribution in [0.2, 0.25) is 0 Å². The van der Waals surface area contributed by atoms with Crippen molar-refractivity contribution in [3.63, 3.8) is 0 Å². The van der Waals surface area contributed by atoms with Gasteiger partial charge in [-0.25, -0.2) is 4.98 Å². The molecule has 0 spiro atoms. The number of nitrogens with one attached hydrogen (secondary N) is 1. The summed E-state index contributed by atoms with van der Waals surface area (Å²) in [6, 6.07) is 6.25. The van der Waals surface area contributed by atoms with Crippen molar-refractivity contribution in [2.24, 2.45) is 0 Å². The van der Waals surface area contributed by atoms with Gasteiger partial charge in [-0.1, -0.05) is 13.8 Å². The molecule has 5 heteroatoms. The maximum absolute atomic E-state index is 5.37. The number of imidazole rings is 1. The summed E-state index contributed by atoms with van der Waals surface area (Å²) in [4.78, 5) is 7.42. The van der Waals surface area contributed by atoms with Crippen LogP contribution >= 0.6 is 23.6 Å². The van der Waals surface area contributed by atoms with Gasteiger partial charge in [0.15, 0.2) is 4.77 Å². The second-order valence-corrected chi connectivity index (χ2v) is 5.79. The first-order chi connectivity index (χ1) is 8.66. The van der Waals surface area contributed by atoms with Crippen LogP contribution in [0.5, 0.6) is 0 Å². The molecule has 1 N–H and O–H groups in total. The molecule has 0 atom stereocenters. The van der Waals surface area contributed by atoms with E-state index in [1.807, 2.05) is 17.8 Å². The molecule has 0 saturated carbocycles. The van der Waals surface area contributed by atoms with Crippen LogP contribution in [0.15, 0.2) is 29.9 Å². The number of aromatic nitrogens is 3. The standard InChI is InChI=1S/C13H13N3S2/c1-8(2)11-6-14-13(17)16(11)9-3-4-10-12(5-9)18-7-15-10/h3-8H,1-2H3,(H,14,17). The summed E-state index contributed by atoms with van der Waals surface area (Å²) in [5, 5.41) is 0. The number of nitrogens with zero attached hydrogens (tertiary/aromatic N) is 2. The lowest BCUT2D eigenvalue weighted by Crippen LogP contribution is -2.01. The Kier molecular flexibility index (Phi) is 2.80. The summed E-state index contributed by atoms with van der Waals surface area (Å²) in [5.74, 6) is 0.426. The number of hydrogen-bond acceptors (Lipinski definition) is 3. The molecule has 1 aromatic carbocycles. The molecule has 0 aliphatic carbocycles. The maximum Gasteiger partial charge on any atom is 0.182 e. The number of aromatic amines is 1. The molecule has 0 radical (unpaired) electrons. The fourth-order valence-corrected chi connectivity index (χ4v) is 3.04. The summed E-state index contributed by atoms with van der Waals surface area (Å²) in [6.45, 7) is 4.33. The Morgan fingerprint density at radius 1 is 1.39 bits per heavy atom. The van der Waals surface area contributed by atoms with Crippen molar-refractivity contribution < 1.29 is 0 Å². The third kappa shape index (κ3) is 1.79. The average Bonchev–Trinajstić information content (AvgIpc) is 2.93. The van der Waals surface area contributed by atoms with Crippen molar-refractivity contribution >= 4 is 33.8 Å². The molecule has 3 nitrogen and oxygen atoms in total. The van der Waals surface area contributed by atoms with Crippen LogP contribution in [-0.2, 0) is 0 Å². The van der Waals surface area contributed by atoms with Crippen molar-refractivity contribution in [2.45, 2.75) is 19.8 Å². The molecule has 2 heterocycles. The molecule has 0 amide bonds. The highest BCUT2D eigenvalue weighted by Crippen LogP contribution is 2.24. The van der Waals surface area contributed by atoms with Crippen LogP contribution < -0.4 is 0 Å². The number of hydrogen-bond donors (Lipinski definition) is 1. The third-order valence-corrected chi connectivity index (χ3v) is 4.06. The molecular weight excluding hydrogens is 262 g/mol. The second-order valence-electron chi connectivity index (χ2n) is 4.51. The summed E-state index contributed by atoms with van der Waals surface area (Å²) in [6.07, 6.45) is 1.99. The van der Waals surface area contributed by atoms with Crippen LogP contribution in [0.1, 0.15) is 25.5 Å². The normalized spacial score (nSPS) is 11.5. The lowest BCUT2D eigenvalue weighted by atomic mass is 10.1. The largest absolute Gasteiger partial charge is 0.337 e. The van der Waals surface area contributed by atoms with Gasteiger partial charge in [0.1, 0.15) is 0 Å². The van der Waals surface area contributed by atoms with Gasteiger partial charge in [0.25, 0.3) is 0 Å². The van der Waals surface area contributed by atoms with Gasteiger partial charge in [-0.3, -0.25) is 4.57 Å². The lowest BCUT2D eigenvalue weighted by Gasteiger charge is -2.10. The Morgan fingerprint density at radius 3 is 3.00 bits per heavy atom. The van der Waals surface area contributed by atoms with E-state index in [9.17, 15) is 0 Å². The van der Waals surface area contributed by atoms with E-state index in [1.165, 1.54) is 10.4 Å². The van der Waals surface area contributed by atoms with Crippen molar-refractivity contribution in [2.75, 3.05) is 0 Å². The van der Waals surface area contributed by atoms with E-state index < -0.39 is 0 Å². The molecular formula is C13H13N3S2. The van der Waals surface area contributed by atoms with Crippen LogP contribution in [-0.4, -0.2) is 14.5 Å². The van der Waals surface area contributed by atoms with Gasteiger partial charge in [0.05, 0.1) is 15.7 Å². The van der Waals surface area contributed by atoms with E-state index in [2.05, 4.69) is 40.5 Å². The summed E-state index contributed by atoms with van der Waals surface area (Å²) < 4.78 is 4.02. The summed E-state index contributed by atoms with van der Waals surface area (Å²) in [5.41, 5.74) is 5.20. The zero-order chi connectivity index (χ0) is 12.7. The van der Waals surface area contributed by atoms with Crippen LogP contribution in [0.4, 0.5) is 0 Å². The van der Waals surface area contributed by atoms with Gasteiger partial charge >= 0.3 is 0 Å². The first-order valence-corrected chi connectivity index (χ1v) is 7.09.